The fourth-order valence-electron chi connectivity index (χ4n) is 1.94. The molecule has 0 aliphatic heterocycles. The maximum atomic E-state index is 10.9. The van der Waals surface area contributed by atoms with Gasteiger partial charge in [0.2, 0.25) is 0 Å². The van der Waals surface area contributed by atoms with Crippen LogP contribution in [0.5, 0.6) is 0 Å². The second-order valence-corrected chi connectivity index (χ2v) is 4.26. The van der Waals surface area contributed by atoms with Crippen molar-refractivity contribution >= 4 is 5.97 Å². The summed E-state index contributed by atoms with van der Waals surface area (Å²) in [5.74, 6) is -1.02. The molecule has 2 rings (SSSR count). The van der Waals surface area contributed by atoms with Gasteiger partial charge in [-0.1, -0.05) is 42.5 Å². The molecule has 0 spiro atoms. The van der Waals surface area contributed by atoms with Crippen LogP contribution in [0.2, 0.25) is 0 Å². The van der Waals surface area contributed by atoms with E-state index in [2.05, 4.69) is 0 Å². The van der Waals surface area contributed by atoms with E-state index in [0.29, 0.717) is 5.56 Å². The van der Waals surface area contributed by atoms with E-state index in [4.69, 9.17) is 10.8 Å². The zero-order chi connectivity index (χ0) is 13.1. The molecule has 0 bridgehead atoms. The number of benzene rings is 2. The van der Waals surface area contributed by atoms with Crippen molar-refractivity contribution in [3.63, 3.8) is 0 Å². The highest BCUT2D eigenvalue weighted by atomic mass is 16.4. The van der Waals surface area contributed by atoms with Crippen LogP contribution in [0.15, 0.2) is 48.5 Å². The molecule has 3 heteroatoms. The van der Waals surface area contributed by atoms with E-state index < -0.39 is 12.0 Å². The highest BCUT2D eigenvalue weighted by Gasteiger charge is 2.14. The quantitative estimate of drug-likeness (QED) is 0.868. The van der Waals surface area contributed by atoms with Crippen LogP contribution < -0.4 is 5.73 Å². The Kier molecular flexibility index (Phi) is 3.44. The van der Waals surface area contributed by atoms with Crippen molar-refractivity contribution < 1.29 is 9.90 Å². The SMILES string of the molecule is Cc1ccccc1-c1cccc(C(N)C(=O)O)c1. The fourth-order valence-corrected chi connectivity index (χ4v) is 1.94. The molecule has 0 aliphatic rings. The van der Waals surface area contributed by atoms with Crippen molar-refractivity contribution in [2.24, 2.45) is 5.73 Å². The van der Waals surface area contributed by atoms with E-state index in [-0.39, 0.29) is 0 Å². The molecule has 0 fully saturated rings. The van der Waals surface area contributed by atoms with Crippen molar-refractivity contribution in [1.82, 2.24) is 0 Å². The Bertz CT molecular complexity index is 578. The van der Waals surface area contributed by atoms with Crippen LogP contribution in [0.1, 0.15) is 17.2 Å². The fraction of sp³-hybridized carbons (Fsp3) is 0.133. The summed E-state index contributed by atoms with van der Waals surface area (Å²) < 4.78 is 0. The number of nitrogens with two attached hydrogens (primary N) is 1. The zero-order valence-corrected chi connectivity index (χ0v) is 10.1. The monoisotopic (exact) mass is 241 g/mol. The number of hydrogen-bond donors (Lipinski definition) is 2. The highest BCUT2D eigenvalue weighted by Crippen LogP contribution is 2.25. The van der Waals surface area contributed by atoms with Crippen molar-refractivity contribution in [3.05, 3.63) is 59.7 Å². The zero-order valence-electron chi connectivity index (χ0n) is 10.1. The van der Waals surface area contributed by atoms with Crippen molar-refractivity contribution in [1.29, 1.82) is 0 Å². The second kappa shape index (κ2) is 5.02. The van der Waals surface area contributed by atoms with E-state index in [0.717, 1.165) is 16.7 Å². The molecule has 0 aliphatic carbocycles. The Morgan fingerprint density at radius 1 is 1.17 bits per heavy atom. The van der Waals surface area contributed by atoms with E-state index >= 15 is 0 Å². The summed E-state index contributed by atoms with van der Waals surface area (Å²) in [6.45, 7) is 2.03. The summed E-state index contributed by atoms with van der Waals surface area (Å²) in [6, 6.07) is 14.4. The minimum Gasteiger partial charge on any atom is -0.480 e. The molecule has 0 saturated heterocycles. The number of aliphatic carboxylic acids is 1. The summed E-state index contributed by atoms with van der Waals surface area (Å²) in [4.78, 5) is 10.9. The van der Waals surface area contributed by atoms with Crippen LogP contribution in [-0.4, -0.2) is 11.1 Å². The molecule has 3 nitrogen and oxygen atoms in total. The van der Waals surface area contributed by atoms with Crippen molar-refractivity contribution in [3.8, 4) is 11.1 Å². The van der Waals surface area contributed by atoms with Crippen LogP contribution in [0, 0.1) is 6.92 Å². The third-order valence-corrected chi connectivity index (χ3v) is 2.97. The third-order valence-electron chi connectivity index (χ3n) is 2.97. The summed E-state index contributed by atoms with van der Waals surface area (Å²) in [5.41, 5.74) is 9.47. The smallest absolute Gasteiger partial charge is 0.325 e. The molecule has 0 aromatic heterocycles. The van der Waals surface area contributed by atoms with E-state index in [1.165, 1.54) is 0 Å². The lowest BCUT2D eigenvalue weighted by Crippen LogP contribution is -2.20. The number of carboxylic acid groups (broad SMARTS) is 1. The number of carbonyl (C=O) groups is 1. The highest BCUT2D eigenvalue weighted by molar-refractivity contribution is 5.77. The first kappa shape index (κ1) is 12.3. The first-order valence-corrected chi connectivity index (χ1v) is 5.74. The predicted octanol–water partition coefficient (Wildman–Crippen LogP) is 2.75. The number of carboxylic acids is 1. The maximum absolute atomic E-state index is 10.9. The first-order chi connectivity index (χ1) is 8.59. The summed E-state index contributed by atoms with van der Waals surface area (Å²) >= 11 is 0. The second-order valence-electron chi connectivity index (χ2n) is 4.26. The molecule has 0 radical (unpaired) electrons. The maximum Gasteiger partial charge on any atom is 0.325 e. The molecule has 3 N–H and O–H groups in total. The Morgan fingerprint density at radius 2 is 1.89 bits per heavy atom. The molecule has 92 valence electrons. The summed E-state index contributed by atoms with van der Waals surface area (Å²) in [5, 5.41) is 8.93. The Hall–Kier alpha value is -2.13. The Morgan fingerprint density at radius 3 is 2.56 bits per heavy atom. The lowest BCUT2D eigenvalue weighted by atomic mass is 9.97. The third kappa shape index (κ3) is 2.41. The number of rotatable bonds is 3. The van der Waals surface area contributed by atoms with Gasteiger partial charge in [-0.3, -0.25) is 4.79 Å². The molecule has 2 aromatic carbocycles. The van der Waals surface area contributed by atoms with Gasteiger partial charge in [0.05, 0.1) is 0 Å². The average molecular weight is 241 g/mol. The Labute approximate surface area is 106 Å². The van der Waals surface area contributed by atoms with Crippen molar-refractivity contribution in [2.75, 3.05) is 0 Å². The summed E-state index contributed by atoms with van der Waals surface area (Å²) in [7, 11) is 0. The largest absolute Gasteiger partial charge is 0.480 e. The molecule has 18 heavy (non-hydrogen) atoms. The predicted molar refractivity (Wildman–Crippen MR) is 71.2 cm³/mol. The molecular weight excluding hydrogens is 226 g/mol. The van der Waals surface area contributed by atoms with Crippen LogP contribution in [0.3, 0.4) is 0 Å². The van der Waals surface area contributed by atoms with Crippen LogP contribution in [-0.2, 0) is 4.79 Å². The summed E-state index contributed by atoms with van der Waals surface area (Å²) in [6.07, 6.45) is 0. The lowest BCUT2D eigenvalue weighted by Gasteiger charge is -2.10. The first-order valence-electron chi connectivity index (χ1n) is 5.74. The normalized spacial score (nSPS) is 12.1. The molecular formula is C15H15NO2. The van der Waals surface area contributed by atoms with Gasteiger partial charge in [0.25, 0.3) is 0 Å². The average Bonchev–Trinajstić information content (AvgIpc) is 2.38. The van der Waals surface area contributed by atoms with Gasteiger partial charge in [0.15, 0.2) is 0 Å². The van der Waals surface area contributed by atoms with Crippen LogP contribution in [0.4, 0.5) is 0 Å². The van der Waals surface area contributed by atoms with Crippen LogP contribution in [0.25, 0.3) is 11.1 Å². The minimum atomic E-state index is -1.02. The van der Waals surface area contributed by atoms with Gasteiger partial charge in [0, 0.05) is 0 Å². The van der Waals surface area contributed by atoms with Gasteiger partial charge in [0.1, 0.15) is 6.04 Å². The Balaban J connectivity index is 2.45. The number of aryl methyl sites for hydroxylation is 1. The molecule has 1 atom stereocenters. The van der Waals surface area contributed by atoms with Crippen LogP contribution >= 0.6 is 0 Å². The number of hydrogen-bond acceptors (Lipinski definition) is 2. The van der Waals surface area contributed by atoms with Gasteiger partial charge in [-0.25, -0.2) is 0 Å². The van der Waals surface area contributed by atoms with Gasteiger partial charge in [-0.15, -0.1) is 0 Å². The molecule has 1 unspecified atom stereocenters. The lowest BCUT2D eigenvalue weighted by molar-refractivity contribution is -0.138. The molecule has 0 heterocycles. The molecule has 0 saturated carbocycles. The van der Waals surface area contributed by atoms with Gasteiger partial charge >= 0.3 is 5.97 Å². The minimum absolute atomic E-state index is 0.614. The van der Waals surface area contributed by atoms with Gasteiger partial charge in [-0.05, 0) is 35.2 Å². The van der Waals surface area contributed by atoms with Crippen molar-refractivity contribution in [2.45, 2.75) is 13.0 Å². The van der Waals surface area contributed by atoms with Gasteiger partial charge in [-0.2, -0.15) is 0 Å². The standard InChI is InChI=1S/C15H15NO2/c1-10-5-2-3-8-13(10)11-6-4-7-12(9-11)14(16)15(17)18/h2-9,14H,16H2,1H3,(H,17,18). The van der Waals surface area contributed by atoms with E-state index in [9.17, 15) is 4.79 Å². The van der Waals surface area contributed by atoms with E-state index in [1.807, 2.05) is 49.4 Å². The molecule has 0 amide bonds. The topological polar surface area (TPSA) is 63.3 Å². The van der Waals surface area contributed by atoms with Gasteiger partial charge < -0.3 is 10.8 Å². The molecule has 2 aromatic rings. The van der Waals surface area contributed by atoms with E-state index in [1.54, 1.807) is 6.07 Å².